The van der Waals surface area contributed by atoms with E-state index in [0.717, 1.165) is 24.8 Å². The van der Waals surface area contributed by atoms with Gasteiger partial charge in [-0.2, -0.15) is 9.41 Å². The molecular formula is C21H29N5O5S. The van der Waals surface area contributed by atoms with E-state index in [1.54, 1.807) is 26.0 Å². The Hall–Kier alpha value is -3.18. The maximum Gasteiger partial charge on any atom is 0.270 e. The second kappa shape index (κ2) is 10.9. The minimum absolute atomic E-state index is 0.0274. The van der Waals surface area contributed by atoms with Crippen LogP contribution >= 0.6 is 0 Å². The lowest BCUT2D eigenvalue weighted by molar-refractivity contribution is -0.385. The van der Waals surface area contributed by atoms with Gasteiger partial charge in [-0.25, -0.2) is 8.42 Å². The Morgan fingerprint density at radius 1 is 1.06 bits per heavy atom. The van der Waals surface area contributed by atoms with Gasteiger partial charge in [-0.1, -0.05) is 13.8 Å². The highest BCUT2D eigenvalue weighted by Crippen LogP contribution is 2.29. The van der Waals surface area contributed by atoms with Crippen molar-refractivity contribution in [2.45, 2.75) is 32.6 Å². The molecule has 2 N–H and O–H groups in total. The van der Waals surface area contributed by atoms with E-state index in [0.29, 0.717) is 5.56 Å². The van der Waals surface area contributed by atoms with Crippen molar-refractivity contribution in [1.29, 1.82) is 0 Å². The first-order valence-electron chi connectivity index (χ1n) is 10.3. The molecule has 0 heterocycles. The van der Waals surface area contributed by atoms with Crippen LogP contribution in [0.5, 0.6) is 5.75 Å². The molecule has 0 aliphatic rings. The standard InChI is InChI=1S/C21H29N5O5S/c1-5-24(6-2)17-10-9-16(20(27)13-17)15-22-23-19-12-11-18(26(28)29)14-21(19)32(30,31)25(7-3)8-4/h9-15,23,27H,5-8H2,1-4H3/b22-15+. The lowest BCUT2D eigenvalue weighted by Gasteiger charge is -2.21. The zero-order chi connectivity index (χ0) is 23.9. The van der Waals surface area contributed by atoms with Gasteiger partial charge in [0, 0.05) is 55.6 Å². The van der Waals surface area contributed by atoms with E-state index in [2.05, 4.69) is 15.4 Å². The summed E-state index contributed by atoms with van der Waals surface area (Å²) in [7, 11) is -3.97. The highest BCUT2D eigenvalue weighted by molar-refractivity contribution is 7.89. The molecule has 0 aliphatic heterocycles. The quantitative estimate of drug-likeness (QED) is 0.296. The smallest absolute Gasteiger partial charge is 0.270 e. The molecule has 10 nitrogen and oxygen atoms in total. The maximum absolute atomic E-state index is 13.0. The van der Waals surface area contributed by atoms with Crippen LogP contribution in [0.2, 0.25) is 0 Å². The molecule has 0 bridgehead atoms. The molecule has 2 aromatic carbocycles. The average Bonchev–Trinajstić information content (AvgIpc) is 2.76. The summed E-state index contributed by atoms with van der Waals surface area (Å²) >= 11 is 0. The third-order valence-corrected chi connectivity index (χ3v) is 7.12. The minimum Gasteiger partial charge on any atom is -0.507 e. The Morgan fingerprint density at radius 3 is 2.25 bits per heavy atom. The predicted molar refractivity (Wildman–Crippen MR) is 126 cm³/mol. The molecule has 0 aliphatic carbocycles. The molecule has 0 amide bonds. The van der Waals surface area contributed by atoms with Gasteiger partial charge < -0.3 is 10.0 Å². The molecule has 0 saturated carbocycles. The molecule has 0 aromatic heterocycles. The molecular weight excluding hydrogens is 434 g/mol. The van der Waals surface area contributed by atoms with Crippen molar-refractivity contribution in [3.05, 3.63) is 52.1 Å². The van der Waals surface area contributed by atoms with Gasteiger partial charge in [0.25, 0.3) is 5.69 Å². The van der Waals surface area contributed by atoms with Crippen LogP contribution in [0.1, 0.15) is 33.3 Å². The van der Waals surface area contributed by atoms with Crippen molar-refractivity contribution < 1.29 is 18.4 Å². The number of anilines is 2. The fraction of sp³-hybridized carbons (Fsp3) is 0.381. The third kappa shape index (κ3) is 5.54. The Balaban J connectivity index is 2.37. The summed E-state index contributed by atoms with van der Waals surface area (Å²) in [5.74, 6) is 0.0274. The van der Waals surface area contributed by atoms with Gasteiger partial charge in [0.1, 0.15) is 10.6 Å². The van der Waals surface area contributed by atoms with E-state index in [1.807, 2.05) is 19.9 Å². The van der Waals surface area contributed by atoms with Crippen LogP contribution in [0.4, 0.5) is 17.1 Å². The number of aromatic hydroxyl groups is 1. The molecule has 2 aromatic rings. The number of sulfonamides is 1. The van der Waals surface area contributed by atoms with Gasteiger partial charge in [-0.3, -0.25) is 15.5 Å². The number of rotatable bonds is 11. The summed E-state index contributed by atoms with van der Waals surface area (Å²) in [5.41, 5.74) is 3.71. The monoisotopic (exact) mass is 463 g/mol. The summed E-state index contributed by atoms with van der Waals surface area (Å²) < 4.78 is 27.2. The van der Waals surface area contributed by atoms with Crippen molar-refractivity contribution in [1.82, 2.24) is 4.31 Å². The second-order valence-electron chi connectivity index (χ2n) is 6.81. The second-order valence-corrected chi connectivity index (χ2v) is 8.72. The first-order chi connectivity index (χ1) is 15.2. The number of phenols is 1. The first kappa shape index (κ1) is 25.1. The van der Waals surface area contributed by atoms with Gasteiger partial charge in [-0.05, 0) is 32.0 Å². The maximum atomic E-state index is 13.0. The van der Waals surface area contributed by atoms with E-state index in [-0.39, 0.29) is 35.1 Å². The summed E-state index contributed by atoms with van der Waals surface area (Å²) in [6.45, 7) is 9.46. The summed E-state index contributed by atoms with van der Waals surface area (Å²) in [5, 5.41) is 25.5. The summed E-state index contributed by atoms with van der Waals surface area (Å²) in [6.07, 6.45) is 1.36. The van der Waals surface area contributed by atoms with Gasteiger partial charge in [0.05, 0.1) is 16.8 Å². The first-order valence-corrected chi connectivity index (χ1v) is 11.8. The van der Waals surface area contributed by atoms with Crippen LogP contribution < -0.4 is 10.3 Å². The van der Waals surface area contributed by atoms with Crippen LogP contribution in [0, 0.1) is 10.1 Å². The van der Waals surface area contributed by atoms with E-state index < -0.39 is 14.9 Å². The van der Waals surface area contributed by atoms with E-state index in [4.69, 9.17) is 0 Å². The van der Waals surface area contributed by atoms with Gasteiger partial charge in [0.2, 0.25) is 10.0 Å². The zero-order valence-electron chi connectivity index (χ0n) is 18.6. The number of non-ortho nitro benzene ring substituents is 1. The number of hydrogen-bond acceptors (Lipinski definition) is 8. The third-order valence-electron chi connectivity index (χ3n) is 5.03. The lowest BCUT2D eigenvalue weighted by atomic mass is 10.2. The molecule has 11 heteroatoms. The van der Waals surface area contributed by atoms with Gasteiger partial charge >= 0.3 is 0 Å². The number of nitrogens with one attached hydrogen (secondary N) is 1. The fourth-order valence-corrected chi connectivity index (χ4v) is 4.85. The van der Waals surface area contributed by atoms with Crippen molar-refractivity contribution in [2.24, 2.45) is 5.10 Å². The Labute approximate surface area is 188 Å². The number of benzene rings is 2. The van der Waals surface area contributed by atoms with Crippen LogP contribution in [0.3, 0.4) is 0 Å². The summed E-state index contributed by atoms with van der Waals surface area (Å²) in [6, 6.07) is 8.72. The van der Waals surface area contributed by atoms with Crippen molar-refractivity contribution >= 4 is 33.3 Å². The number of hydrazone groups is 1. The molecule has 0 unspecified atom stereocenters. The average molecular weight is 464 g/mol. The Kier molecular flexibility index (Phi) is 8.56. The van der Waals surface area contributed by atoms with Gasteiger partial charge in [0.15, 0.2) is 0 Å². The fourth-order valence-electron chi connectivity index (χ4n) is 3.23. The minimum atomic E-state index is -3.97. The molecule has 2 rings (SSSR count). The Bertz CT molecular complexity index is 1080. The van der Waals surface area contributed by atoms with Crippen molar-refractivity contribution in [2.75, 3.05) is 36.5 Å². The largest absolute Gasteiger partial charge is 0.507 e. The number of hydrogen-bond donors (Lipinski definition) is 2. The zero-order valence-corrected chi connectivity index (χ0v) is 19.5. The van der Waals surface area contributed by atoms with E-state index >= 15 is 0 Å². The number of nitro benzene ring substituents is 1. The van der Waals surface area contributed by atoms with Crippen LogP contribution in [0.25, 0.3) is 0 Å². The SMILES string of the molecule is CCN(CC)c1ccc(/C=N/Nc2ccc([N+](=O)[O-])cc2S(=O)(=O)N(CC)CC)c(O)c1. The normalized spacial score (nSPS) is 11.8. The highest BCUT2D eigenvalue weighted by Gasteiger charge is 2.27. The topological polar surface area (TPSA) is 128 Å². The number of nitrogens with zero attached hydrogens (tertiary/aromatic N) is 4. The predicted octanol–water partition coefficient (Wildman–Crippen LogP) is 3.62. The van der Waals surface area contributed by atoms with Gasteiger partial charge in [-0.15, -0.1) is 0 Å². The molecule has 0 radical (unpaired) electrons. The van der Waals surface area contributed by atoms with Crippen molar-refractivity contribution in [3.8, 4) is 5.75 Å². The molecule has 0 atom stereocenters. The lowest BCUT2D eigenvalue weighted by Crippen LogP contribution is -2.31. The number of phenolic OH excluding ortho intramolecular Hbond substituents is 1. The van der Waals surface area contributed by atoms with Crippen LogP contribution in [-0.4, -0.2) is 55.1 Å². The summed E-state index contributed by atoms with van der Waals surface area (Å²) in [4.78, 5) is 12.4. The molecule has 0 saturated heterocycles. The Morgan fingerprint density at radius 2 is 1.72 bits per heavy atom. The molecule has 0 spiro atoms. The highest BCUT2D eigenvalue weighted by atomic mass is 32.2. The van der Waals surface area contributed by atoms with E-state index in [9.17, 15) is 23.6 Å². The van der Waals surface area contributed by atoms with Crippen LogP contribution in [-0.2, 0) is 10.0 Å². The van der Waals surface area contributed by atoms with Crippen molar-refractivity contribution in [3.63, 3.8) is 0 Å². The molecule has 0 fully saturated rings. The van der Waals surface area contributed by atoms with E-state index in [1.165, 1.54) is 22.7 Å². The molecule has 32 heavy (non-hydrogen) atoms. The number of nitro groups is 1. The molecule has 174 valence electrons. The van der Waals surface area contributed by atoms with Crippen LogP contribution in [0.15, 0.2) is 46.4 Å².